The number of aromatic nitrogens is 2. The second-order valence-electron chi connectivity index (χ2n) is 10.4. The van der Waals surface area contributed by atoms with Gasteiger partial charge in [-0.25, -0.2) is 13.4 Å². The summed E-state index contributed by atoms with van der Waals surface area (Å²) in [7, 11) is -2.31. The minimum absolute atomic E-state index is 0.159. The number of pyridine rings is 1. The first-order chi connectivity index (χ1) is 18.6. The number of thiazole rings is 1. The first kappa shape index (κ1) is 28.8. The Morgan fingerprint density at radius 2 is 1.74 bits per heavy atom. The minimum atomic E-state index is -3.71. The van der Waals surface area contributed by atoms with E-state index in [9.17, 15) is 13.2 Å². The third kappa shape index (κ3) is 6.86. The van der Waals surface area contributed by atoms with Crippen LogP contribution in [0.25, 0.3) is 21.1 Å². The highest BCUT2D eigenvalue weighted by atomic mass is 32.2. The number of nitrogens with one attached hydrogen (secondary N) is 1. The van der Waals surface area contributed by atoms with Gasteiger partial charge in [0.15, 0.2) is 9.84 Å². The topological polar surface area (TPSA) is 107 Å². The van der Waals surface area contributed by atoms with E-state index in [1.807, 2.05) is 29.8 Å². The SMILES string of the molecule is COC(=O)CCCCCCCOc1cc2nccc(Nc3ccc4scnc4c3)c2cc1S(=O)(=O)C(C)(C)C. The highest BCUT2D eigenvalue weighted by Crippen LogP contribution is 2.38. The van der Waals surface area contributed by atoms with Gasteiger partial charge in [0.25, 0.3) is 0 Å². The zero-order valence-electron chi connectivity index (χ0n) is 22.8. The molecule has 0 saturated heterocycles. The number of ether oxygens (including phenoxy) is 2. The summed E-state index contributed by atoms with van der Waals surface area (Å²) in [5, 5.41) is 4.10. The summed E-state index contributed by atoms with van der Waals surface area (Å²) >= 11 is 1.58. The largest absolute Gasteiger partial charge is 0.492 e. The summed E-state index contributed by atoms with van der Waals surface area (Å²) in [4.78, 5) is 20.3. The number of benzene rings is 2. The number of fused-ring (bicyclic) bond motifs is 2. The number of hydrogen-bond acceptors (Lipinski definition) is 9. The number of anilines is 2. The van der Waals surface area contributed by atoms with Gasteiger partial charge in [-0.05, 0) is 63.9 Å². The van der Waals surface area contributed by atoms with Gasteiger partial charge in [0.1, 0.15) is 10.6 Å². The number of sulfone groups is 1. The molecule has 0 spiro atoms. The van der Waals surface area contributed by atoms with Crippen LogP contribution in [0, 0.1) is 0 Å². The lowest BCUT2D eigenvalue weighted by atomic mass is 10.1. The van der Waals surface area contributed by atoms with E-state index >= 15 is 0 Å². The van der Waals surface area contributed by atoms with Crippen LogP contribution in [0.4, 0.5) is 11.4 Å². The molecule has 0 aliphatic carbocycles. The van der Waals surface area contributed by atoms with Crippen molar-refractivity contribution in [3.8, 4) is 5.75 Å². The fraction of sp³-hybridized carbons (Fsp3) is 0.414. The van der Waals surface area contributed by atoms with Crippen molar-refractivity contribution in [3.63, 3.8) is 0 Å². The van der Waals surface area contributed by atoms with E-state index in [-0.39, 0.29) is 10.9 Å². The average molecular weight is 570 g/mol. The number of rotatable bonds is 12. The van der Waals surface area contributed by atoms with E-state index in [0.717, 1.165) is 53.7 Å². The molecule has 0 amide bonds. The van der Waals surface area contributed by atoms with Gasteiger partial charge in [0.05, 0.1) is 39.7 Å². The number of carbonyl (C=O) groups excluding carboxylic acids is 1. The Kier molecular flexibility index (Phi) is 9.07. The summed E-state index contributed by atoms with van der Waals surface area (Å²) in [6.45, 7) is 5.46. The summed E-state index contributed by atoms with van der Waals surface area (Å²) < 4.78 is 38.1. The molecular weight excluding hydrogens is 534 g/mol. The molecule has 0 aliphatic rings. The van der Waals surface area contributed by atoms with E-state index in [1.54, 1.807) is 50.4 Å². The molecule has 4 rings (SSSR count). The van der Waals surface area contributed by atoms with Crippen molar-refractivity contribution in [2.45, 2.75) is 68.9 Å². The fourth-order valence-electron chi connectivity index (χ4n) is 4.19. The van der Waals surface area contributed by atoms with Gasteiger partial charge >= 0.3 is 5.97 Å². The molecule has 0 aliphatic heterocycles. The molecule has 10 heteroatoms. The highest BCUT2D eigenvalue weighted by Gasteiger charge is 2.34. The second-order valence-corrected chi connectivity index (χ2v) is 14.0. The molecule has 0 bridgehead atoms. The molecule has 4 aromatic rings. The number of hydrogen-bond donors (Lipinski definition) is 1. The molecule has 8 nitrogen and oxygen atoms in total. The van der Waals surface area contributed by atoms with Crippen LogP contribution in [0.15, 0.2) is 53.0 Å². The quantitative estimate of drug-likeness (QED) is 0.143. The lowest BCUT2D eigenvalue weighted by Gasteiger charge is -2.22. The Balaban J connectivity index is 1.55. The lowest BCUT2D eigenvalue weighted by molar-refractivity contribution is -0.140. The van der Waals surface area contributed by atoms with E-state index < -0.39 is 14.6 Å². The van der Waals surface area contributed by atoms with Gasteiger partial charge in [-0.15, -0.1) is 11.3 Å². The summed E-state index contributed by atoms with van der Waals surface area (Å²) in [6.07, 6.45) is 6.53. The van der Waals surface area contributed by atoms with Crippen LogP contribution in [0.2, 0.25) is 0 Å². The number of methoxy groups -OCH3 is 1. The number of esters is 1. The molecule has 0 unspecified atom stereocenters. The predicted octanol–water partition coefficient (Wildman–Crippen LogP) is 7.05. The van der Waals surface area contributed by atoms with Crippen LogP contribution < -0.4 is 10.1 Å². The van der Waals surface area contributed by atoms with Crippen molar-refractivity contribution >= 4 is 59.6 Å². The molecule has 2 heterocycles. The second kappa shape index (κ2) is 12.3. The van der Waals surface area contributed by atoms with Crippen molar-refractivity contribution in [2.24, 2.45) is 0 Å². The average Bonchev–Trinajstić information content (AvgIpc) is 3.37. The molecule has 39 heavy (non-hydrogen) atoms. The Morgan fingerprint density at radius 3 is 2.51 bits per heavy atom. The third-order valence-corrected chi connectivity index (χ3v) is 9.84. The Morgan fingerprint density at radius 1 is 0.974 bits per heavy atom. The Hall–Kier alpha value is -3.24. The molecule has 2 aromatic carbocycles. The fourth-order valence-corrected chi connectivity index (χ4v) is 6.17. The lowest BCUT2D eigenvalue weighted by Crippen LogP contribution is -2.28. The van der Waals surface area contributed by atoms with Crippen LogP contribution in [0.5, 0.6) is 5.75 Å². The van der Waals surface area contributed by atoms with Gasteiger partial charge in [0.2, 0.25) is 0 Å². The maximum atomic E-state index is 13.6. The van der Waals surface area contributed by atoms with Crippen molar-refractivity contribution in [1.82, 2.24) is 9.97 Å². The number of nitrogens with zero attached hydrogens (tertiary/aromatic N) is 2. The first-order valence-corrected chi connectivity index (χ1v) is 15.4. The van der Waals surface area contributed by atoms with Crippen LogP contribution >= 0.6 is 11.3 Å². The van der Waals surface area contributed by atoms with Crippen LogP contribution in [-0.2, 0) is 19.4 Å². The van der Waals surface area contributed by atoms with E-state index in [2.05, 4.69) is 20.0 Å². The van der Waals surface area contributed by atoms with Crippen molar-refractivity contribution in [3.05, 3.63) is 48.1 Å². The molecule has 0 saturated carbocycles. The first-order valence-electron chi connectivity index (χ1n) is 13.1. The van der Waals surface area contributed by atoms with Crippen LogP contribution in [0.1, 0.15) is 59.3 Å². The van der Waals surface area contributed by atoms with Gasteiger partial charge < -0.3 is 14.8 Å². The van der Waals surface area contributed by atoms with E-state index in [1.165, 1.54) is 7.11 Å². The molecule has 2 aromatic heterocycles. The van der Waals surface area contributed by atoms with E-state index in [4.69, 9.17) is 4.74 Å². The van der Waals surface area contributed by atoms with Gasteiger partial charge in [-0.2, -0.15) is 0 Å². The Bertz CT molecular complexity index is 1560. The summed E-state index contributed by atoms with van der Waals surface area (Å²) in [5.74, 6) is 0.131. The highest BCUT2D eigenvalue weighted by molar-refractivity contribution is 7.92. The molecular formula is C29H35N3O5S2. The summed E-state index contributed by atoms with van der Waals surface area (Å²) in [6, 6.07) is 11.2. The zero-order valence-corrected chi connectivity index (χ0v) is 24.5. The maximum Gasteiger partial charge on any atom is 0.305 e. The molecule has 0 radical (unpaired) electrons. The van der Waals surface area contributed by atoms with Gasteiger partial charge in [0, 0.05) is 35.4 Å². The third-order valence-electron chi connectivity index (χ3n) is 6.52. The van der Waals surface area contributed by atoms with E-state index in [0.29, 0.717) is 29.7 Å². The van der Waals surface area contributed by atoms with Crippen molar-refractivity contribution in [1.29, 1.82) is 0 Å². The number of unbranched alkanes of at least 4 members (excludes halogenated alkanes) is 4. The number of carbonyl (C=O) groups is 1. The monoisotopic (exact) mass is 569 g/mol. The smallest absolute Gasteiger partial charge is 0.305 e. The minimum Gasteiger partial charge on any atom is -0.492 e. The standard InChI is InChI=1S/C29H35N3O5S2/c1-29(2,3)39(34,35)27-17-21-22(32-20-11-12-26-24(16-20)31-19-38-26)13-14-30-23(21)18-25(27)37-15-9-7-5-6-8-10-28(33)36-4/h11-14,16-19H,5-10,15H2,1-4H3,(H,30,32). The van der Waals surface area contributed by atoms with Crippen LogP contribution in [0.3, 0.4) is 0 Å². The predicted molar refractivity (Wildman–Crippen MR) is 157 cm³/mol. The maximum absolute atomic E-state index is 13.6. The van der Waals surface area contributed by atoms with Crippen molar-refractivity contribution < 1.29 is 22.7 Å². The summed E-state index contributed by atoms with van der Waals surface area (Å²) in [5.41, 5.74) is 4.96. The van der Waals surface area contributed by atoms with Gasteiger partial charge in [-0.3, -0.25) is 9.78 Å². The van der Waals surface area contributed by atoms with Gasteiger partial charge in [-0.1, -0.05) is 19.3 Å². The molecule has 1 N–H and O–H groups in total. The molecule has 0 fully saturated rings. The molecule has 208 valence electrons. The molecule has 0 atom stereocenters. The van der Waals surface area contributed by atoms with Crippen LogP contribution in [-0.4, -0.2) is 42.8 Å². The normalized spacial score (nSPS) is 12.1. The Labute approximate surface area is 233 Å². The zero-order chi connectivity index (χ0) is 28.0. The van der Waals surface area contributed by atoms with Crippen molar-refractivity contribution in [2.75, 3.05) is 19.0 Å².